The molecule has 1 aromatic heterocycles. The molecule has 9 heteroatoms. The van der Waals surface area contributed by atoms with Crippen LogP contribution in [-0.4, -0.2) is 67.7 Å². The van der Waals surface area contributed by atoms with Crippen LogP contribution in [0.25, 0.3) is 0 Å². The minimum absolute atomic E-state index is 0.225. The Balaban J connectivity index is 1.54. The second-order valence-electron chi connectivity index (χ2n) is 9.48. The zero-order chi connectivity index (χ0) is 26.0. The van der Waals surface area contributed by atoms with Gasteiger partial charge in [0.1, 0.15) is 12.4 Å². The van der Waals surface area contributed by atoms with Crippen LogP contribution in [-0.2, 0) is 0 Å². The summed E-state index contributed by atoms with van der Waals surface area (Å²) in [5, 5.41) is 8.90. The summed E-state index contributed by atoms with van der Waals surface area (Å²) in [5.74, 6) is 1.83. The summed E-state index contributed by atoms with van der Waals surface area (Å²) in [5.41, 5.74) is 11.3. The van der Waals surface area contributed by atoms with Crippen molar-refractivity contribution in [2.24, 2.45) is 10.4 Å². The molecule has 0 bridgehead atoms. The van der Waals surface area contributed by atoms with Gasteiger partial charge in [-0.05, 0) is 43.7 Å². The average molecular weight is 507 g/mol. The van der Waals surface area contributed by atoms with Crippen LogP contribution >= 0.6 is 12.8 Å². The van der Waals surface area contributed by atoms with Crippen LogP contribution in [0.4, 0.5) is 11.5 Å². The zero-order valence-corrected chi connectivity index (χ0v) is 22.2. The number of aromatic nitrogens is 1. The highest BCUT2D eigenvalue weighted by atomic mass is 32.1. The van der Waals surface area contributed by atoms with E-state index in [0.29, 0.717) is 33.7 Å². The van der Waals surface area contributed by atoms with Crippen molar-refractivity contribution in [3.8, 4) is 11.5 Å². The maximum Gasteiger partial charge on any atom is 0.172 e. The Morgan fingerprint density at radius 2 is 1.97 bits per heavy atom. The predicted molar refractivity (Wildman–Crippen MR) is 150 cm³/mol. The van der Waals surface area contributed by atoms with Crippen LogP contribution in [0.15, 0.2) is 59.3 Å². The number of allylic oxidation sites excluding steroid dienone is 2. The van der Waals surface area contributed by atoms with E-state index in [2.05, 4.69) is 34.3 Å². The monoisotopic (exact) mass is 506 g/mol. The van der Waals surface area contributed by atoms with Crippen LogP contribution in [0, 0.1) is 10.8 Å². The third-order valence-corrected chi connectivity index (χ3v) is 7.27. The van der Waals surface area contributed by atoms with Crippen molar-refractivity contribution in [1.82, 2.24) is 9.29 Å². The third kappa shape index (κ3) is 4.85. The van der Waals surface area contributed by atoms with E-state index < -0.39 is 0 Å². The summed E-state index contributed by atoms with van der Waals surface area (Å²) in [6, 6.07) is 7.36. The first-order valence-electron chi connectivity index (χ1n) is 11.8. The minimum Gasteiger partial charge on any atom is -0.492 e. The molecule has 36 heavy (non-hydrogen) atoms. The number of nitrogen functional groups attached to an aromatic ring is 1. The number of ether oxygens (including phenoxy) is 2. The number of rotatable bonds is 9. The quantitative estimate of drug-likeness (QED) is 0.206. The molecule has 8 nitrogen and oxygen atoms in total. The molecular weight excluding hydrogens is 472 g/mol. The van der Waals surface area contributed by atoms with Gasteiger partial charge in [0.15, 0.2) is 11.5 Å². The molecule has 3 heterocycles. The zero-order valence-electron chi connectivity index (χ0n) is 21.3. The highest BCUT2D eigenvalue weighted by Gasteiger charge is 2.51. The molecule has 2 aromatic rings. The molecule has 1 aromatic carbocycles. The van der Waals surface area contributed by atoms with Crippen LogP contribution < -0.4 is 20.1 Å². The van der Waals surface area contributed by atoms with Gasteiger partial charge in [-0.1, -0.05) is 25.5 Å². The Labute approximate surface area is 218 Å². The molecule has 2 fully saturated rings. The lowest BCUT2D eigenvalue weighted by atomic mass is 9.74. The van der Waals surface area contributed by atoms with Crippen LogP contribution in [0.2, 0.25) is 0 Å². The number of hydrogen-bond acceptors (Lipinski definition) is 9. The van der Waals surface area contributed by atoms with Gasteiger partial charge in [0, 0.05) is 67.4 Å². The maximum absolute atomic E-state index is 8.90. The Morgan fingerprint density at radius 3 is 2.53 bits per heavy atom. The first-order chi connectivity index (χ1) is 17.2. The van der Waals surface area contributed by atoms with Crippen molar-refractivity contribution in [3.05, 3.63) is 65.4 Å². The molecule has 190 valence electrons. The van der Waals surface area contributed by atoms with Gasteiger partial charge in [0.25, 0.3) is 0 Å². The number of nitrogens with zero attached hydrogens (tertiary/aromatic N) is 4. The highest BCUT2D eigenvalue weighted by molar-refractivity contribution is 7.77. The molecule has 0 radical (unpaired) electrons. The number of nitrogens with one attached hydrogen (secondary N) is 1. The lowest BCUT2D eigenvalue weighted by molar-refractivity contribution is 0.0488. The number of benzene rings is 1. The number of aliphatic imine (C=N–C) groups is 1. The maximum atomic E-state index is 8.90. The topological polar surface area (TPSA) is 100 Å². The Kier molecular flexibility index (Phi) is 7.42. The SMILES string of the molecule is C=C/C(C)=C(/COc1ccc(N)c(C(=N)c2ccc(N3CC4(CN(S)C4)C3)nc2)c1OC)C(C)=NC. The number of pyridine rings is 1. The van der Waals surface area contributed by atoms with Crippen molar-refractivity contribution in [2.75, 3.05) is 57.6 Å². The molecule has 3 N–H and O–H groups in total. The first kappa shape index (κ1) is 25.8. The van der Waals surface area contributed by atoms with E-state index in [1.54, 1.807) is 38.6 Å². The molecule has 0 atom stereocenters. The van der Waals surface area contributed by atoms with Gasteiger partial charge in [-0.25, -0.2) is 4.98 Å². The Morgan fingerprint density at radius 1 is 1.25 bits per heavy atom. The van der Waals surface area contributed by atoms with Gasteiger partial charge >= 0.3 is 0 Å². The van der Waals surface area contributed by atoms with Crippen LogP contribution in [0.1, 0.15) is 25.0 Å². The molecule has 4 rings (SSSR count). The molecular formula is C27H34N6O2S. The first-order valence-corrected chi connectivity index (χ1v) is 12.2. The molecule has 2 aliphatic heterocycles. The summed E-state index contributed by atoms with van der Waals surface area (Å²) in [7, 11) is 3.30. The second-order valence-corrected chi connectivity index (χ2v) is 10.0. The minimum atomic E-state index is 0.225. The summed E-state index contributed by atoms with van der Waals surface area (Å²) >= 11 is 4.39. The summed E-state index contributed by atoms with van der Waals surface area (Å²) < 4.78 is 13.9. The predicted octanol–water partition coefficient (Wildman–Crippen LogP) is 4.03. The van der Waals surface area contributed by atoms with E-state index >= 15 is 0 Å². The lowest BCUT2D eigenvalue weighted by Crippen LogP contribution is -2.70. The fraction of sp³-hybridized carbons (Fsp3) is 0.370. The van der Waals surface area contributed by atoms with Gasteiger partial charge < -0.3 is 20.1 Å². The molecule has 0 aliphatic carbocycles. The average Bonchev–Trinajstić information content (AvgIpc) is 2.85. The van der Waals surface area contributed by atoms with Gasteiger partial charge in [-0.2, -0.15) is 0 Å². The van der Waals surface area contributed by atoms with E-state index in [4.69, 9.17) is 20.6 Å². The summed E-state index contributed by atoms with van der Waals surface area (Å²) in [4.78, 5) is 11.2. The number of hydrogen-bond donors (Lipinski definition) is 3. The molecule has 2 saturated heterocycles. The lowest BCUT2D eigenvalue weighted by Gasteiger charge is -2.59. The van der Waals surface area contributed by atoms with E-state index in [1.807, 2.05) is 30.3 Å². The highest BCUT2D eigenvalue weighted by Crippen LogP contribution is 2.42. The number of methoxy groups -OCH3 is 1. The summed E-state index contributed by atoms with van der Waals surface area (Å²) in [6.45, 7) is 12.1. The van der Waals surface area contributed by atoms with Gasteiger partial charge in [0.05, 0.1) is 18.4 Å². The van der Waals surface area contributed by atoms with Crippen LogP contribution in [0.3, 0.4) is 0 Å². The molecule has 0 unspecified atom stereocenters. The second kappa shape index (κ2) is 10.4. The number of nitrogens with two attached hydrogens (primary N) is 1. The number of thiol groups is 1. The van der Waals surface area contributed by atoms with Crippen molar-refractivity contribution >= 4 is 35.7 Å². The van der Waals surface area contributed by atoms with Crippen molar-refractivity contribution in [2.45, 2.75) is 13.8 Å². The fourth-order valence-corrected chi connectivity index (χ4v) is 5.38. The molecule has 0 amide bonds. The Hall–Kier alpha value is -3.30. The van der Waals surface area contributed by atoms with Crippen molar-refractivity contribution in [3.63, 3.8) is 0 Å². The van der Waals surface area contributed by atoms with Gasteiger partial charge in [-0.15, -0.1) is 0 Å². The van der Waals surface area contributed by atoms with Crippen molar-refractivity contribution < 1.29 is 9.47 Å². The largest absolute Gasteiger partial charge is 0.492 e. The molecule has 0 saturated carbocycles. The molecule has 1 spiro atoms. The van der Waals surface area contributed by atoms with Crippen molar-refractivity contribution in [1.29, 1.82) is 5.41 Å². The van der Waals surface area contributed by atoms with E-state index in [-0.39, 0.29) is 12.3 Å². The van der Waals surface area contributed by atoms with Crippen LogP contribution in [0.5, 0.6) is 11.5 Å². The third-order valence-electron chi connectivity index (χ3n) is 6.98. The van der Waals surface area contributed by atoms with Gasteiger partial charge in [-0.3, -0.25) is 14.7 Å². The van der Waals surface area contributed by atoms with E-state index in [9.17, 15) is 0 Å². The molecule has 2 aliphatic rings. The normalized spacial score (nSPS) is 17.7. The summed E-state index contributed by atoms with van der Waals surface area (Å²) in [6.07, 6.45) is 3.50. The Bertz CT molecular complexity index is 1220. The standard InChI is InChI=1S/C27H34N6O2S/c1-6-17(2)20(18(3)30-4)12-35-22-9-8-21(28)24(26(22)34-5)25(29)19-7-10-23(31-11-19)32-13-27(14-32)15-33(36)16-27/h6-11,29,36H,1,12-16,28H2,2-5H3/b20-17-,29-25?,30-18?. The number of anilines is 2. The van der Waals surface area contributed by atoms with E-state index in [0.717, 1.165) is 48.9 Å². The van der Waals surface area contributed by atoms with E-state index in [1.165, 1.54) is 0 Å². The fourth-order valence-electron chi connectivity index (χ4n) is 4.78. The smallest absolute Gasteiger partial charge is 0.172 e. The van der Waals surface area contributed by atoms with Gasteiger partial charge in [0.2, 0.25) is 0 Å².